The zero-order valence-electron chi connectivity index (χ0n) is 17.9. The number of thiazole rings is 1. The van der Waals surface area contributed by atoms with Crippen LogP contribution in [0.15, 0.2) is 35.8 Å². The van der Waals surface area contributed by atoms with Crippen molar-refractivity contribution in [3.63, 3.8) is 0 Å². The highest BCUT2D eigenvalue weighted by Gasteiger charge is 2.39. The molecule has 0 aliphatic carbocycles. The smallest absolute Gasteiger partial charge is 0.134 e. The number of anilines is 2. The number of hydrogen-bond donors (Lipinski definition) is 2. The van der Waals surface area contributed by atoms with Gasteiger partial charge in [0.25, 0.3) is 0 Å². The molecule has 1 aromatic heterocycles. The lowest BCUT2D eigenvalue weighted by Crippen LogP contribution is -2.51. The van der Waals surface area contributed by atoms with Gasteiger partial charge in [-0.25, -0.2) is 9.37 Å². The third kappa shape index (κ3) is 3.15. The molecule has 3 aliphatic rings. The van der Waals surface area contributed by atoms with Gasteiger partial charge in [0.1, 0.15) is 17.8 Å². The monoisotopic (exact) mass is 448 g/mol. The van der Waals surface area contributed by atoms with Gasteiger partial charge in [-0.1, -0.05) is 6.07 Å². The Morgan fingerprint density at radius 1 is 1.25 bits per heavy atom. The molecular formula is C24H25FN6S. The molecule has 0 saturated carbocycles. The lowest BCUT2D eigenvalue weighted by molar-refractivity contribution is 0.134. The molecular weight excluding hydrogens is 423 g/mol. The Hall–Kier alpha value is -2.73. The van der Waals surface area contributed by atoms with Crippen molar-refractivity contribution in [3.8, 4) is 6.07 Å². The fourth-order valence-electron chi connectivity index (χ4n) is 5.49. The average Bonchev–Trinajstić information content (AvgIpc) is 3.52. The van der Waals surface area contributed by atoms with Gasteiger partial charge in [0.15, 0.2) is 0 Å². The maximum atomic E-state index is 14.0. The zero-order chi connectivity index (χ0) is 21.8. The summed E-state index contributed by atoms with van der Waals surface area (Å²) in [6.07, 6.45) is -0.848. The molecule has 0 bridgehead atoms. The molecule has 2 aromatic carbocycles. The van der Waals surface area contributed by atoms with Gasteiger partial charge in [-0.15, -0.1) is 11.3 Å². The molecule has 6 rings (SSSR count). The van der Waals surface area contributed by atoms with Crippen LogP contribution >= 0.6 is 11.3 Å². The van der Waals surface area contributed by atoms with E-state index in [1.165, 1.54) is 16.8 Å². The van der Waals surface area contributed by atoms with Crippen LogP contribution in [0.5, 0.6) is 0 Å². The van der Waals surface area contributed by atoms with Gasteiger partial charge in [-0.3, -0.25) is 4.90 Å². The highest BCUT2D eigenvalue weighted by molar-refractivity contribution is 7.17. The van der Waals surface area contributed by atoms with Crippen molar-refractivity contribution in [2.24, 2.45) is 0 Å². The van der Waals surface area contributed by atoms with Gasteiger partial charge in [0.2, 0.25) is 0 Å². The minimum absolute atomic E-state index is 0.162. The average molecular weight is 449 g/mol. The van der Waals surface area contributed by atoms with E-state index in [0.717, 1.165) is 35.5 Å². The van der Waals surface area contributed by atoms with Gasteiger partial charge in [-0.05, 0) is 42.3 Å². The van der Waals surface area contributed by atoms with Crippen molar-refractivity contribution in [3.05, 3.63) is 52.5 Å². The van der Waals surface area contributed by atoms with E-state index < -0.39 is 6.17 Å². The van der Waals surface area contributed by atoms with Crippen molar-refractivity contribution in [2.45, 2.75) is 37.8 Å². The molecule has 164 valence electrons. The number of hydrogen-bond acceptors (Lipinski definition) is 7. The Morgan fingerprint density at radius 2 is 2.16 bits per heavy atom. The van der Waals surface area contributed by atoms with E-state index in [1.54, 1.807) is 11.3 Å². The molecule has 3 aliphatic heterocycles. The number of benzene rings is 2. The van der Waals surface area contributed by atoms with Gasteiger partial charge in [-0.2, -0.15) is 5.26 Å². The van der Waals surface area contributed by atoms with E-state index in [9.17, 15) is 9.65 Å². The Balaban J connectivity index is 1.29. The molecule has 2 fully saturated rings. The molecule has 8 heteroatoms. The first-order valence-electron chi connectivity index (χ1n) is 11.1. The second-order valence-corrected chi connectivity index (χ2v) is 9.91. The fourth-order valence-corrected chi connectivity index (χ4v) is 6.35. The van der Waals surface area contributed by atoms with Crippen LogP contribution < -0.4 is 15.5 Å². The molecule has 2 N–H and O–H groups in total. The number of piperazine rings is 1. The molecule has 0 spiro atoms. The number of nitriles is 1. The minimum atomic E-state index is -0.848. The predicted octanol–water partition coefficient (Wildman–Crippen LogP) is 3.66. The SMILES string of the molecule is C[C@@H]1CN(c2ccc(C#N)c3ncsc23)C[C@@H]2c3ccc(N[C@H]4CNC[C@H]4F)cc3CN12. The lowest BCUT2D eigenvalue weighted by Gasteiger charge is -2.43. The highest BCUT2D eigenvalue weighted by atomic mass is 32.1. The van der Waals surface area contributed by atoms with Gasteiger partial charge < -0.3 is 15.5 Å². The lowest BCUT2D eigenvalue weighted by atomic mass is 10.0. The van der Waals surface area contributed by atoms with Crippen LogP contribution in [0, 0.1) is 11.3 Å². The Kier molecular flexibility index (Phi) is 4.79. The summed E-state index contributed by atoms with van der Waals surface area (Å²) in [6, 6.07) is 13.3. The maximum absolute atomic E-state index is 14.0. The van der Waals surface area contributed by atoms with Crippen LogP contribution in [-0.2, 0) is 6.54 Å². The Morgan fingerprint density at radius 3 is 2.97 bits per heavy atom. The third-order valence-electron chi connectivity index (χ3n) is 7.12. The summed E-state index contributed by atoms with van der Waals surface area (Å²) in [4.78, 5) is 9.47. The molecule has 0 radical (unpaired) electrons. The summed E-state index contributed by atoms with van der Waals surface area (Å²) in [6.45, 7) is 6.14. The molecule has 2 saturated heterocycles. The summed E-state index contributed by atoms with van der Waals surface area (Å²) in [7, 11) is 0. The number of nitrogens with zero attached hydrogens (tertiary/aromatic N) is 4. The van der Waals surface area contributed by atoms with Crippen molar-refractivity contribution >= 4 is 32.9 Å². The van der Waals surface area contributed by atoms with Crippen LogP contribution in [0.3, 0.4) is 0 Å². The molecule has 3 aromatic rings. The van der Waals surface area contributed by atoms with Crippen LogP contribution in [0.25, 0.3) is 10.2 Å². The Bertz CT molecular complexity index is 1220. The number of nitrogens with one attached hydrogen (secondary N) is 2. The summed E-state index contributed by atoms with van der Waals surface area (Å²) < 4.78 is 15.1. The van der Waals surface area contributed by atoms with E-state index in [0.29, 0.717) is 30.7 Å². The largest absolute Gasteiger partial charge is 0.378 e. The van der Waals surface area contributed by atoms with Crippen LogP contribution in [0.2, 0.25) is 0 Å². The third-order valence-corrected chi connectivity index (χ3v) is 7.96. The number of aromatic nitrogens is 1. The molecule has 0 unspecified atom stereocenters. The van der Waals surface area contributed by atoms with E-state index in [2.05, 4.69) is 62.7 Å². The number of rotatable bonds is 3. The summed E-state index contributed by atoms with van der Waals surface area (Å²) in [5.74, 6) is 0. The normalized spacial score (nSPS) is 27.3. The molecule has 4 heterocycles. The van der Waals surface area contributed by atoms with Crippen LogP contribution in [0.4, 0.5) is 15.8 Å². The number of halogens is 1. The van der Waals surface area contributed by atoms with E-state index in [4.69, 9.17) is 0 Å². The minimum Gasteiger partial charge on any atom is -0.378 e. The van der Waals surface area contributed by atoms with Crippen molar-refractivity contribution < 1.29 is 4.39 Å². The summed E-state index contributed by atoms with van der Waals surface area (Å²) in [5, 5.41) is 15.9. The zero-order valence-corrected chi connectivity index (χ0v) is 18.7. The first kappa shape index (κ1) is 19.9. The van der Waals surface area contributed by atoms with E-state index in [-0.39, 0.29) is 6.04 Å². The van der Waals surface area contributed by atoms with Gasteiger partial charge in [0, 0.05) is 44.5 Å². The van der Waals surface area contributed by atoms with Gasteiger partial charge in [0.05, 0.1) is 33.5 Å². The molecule has 0 amide bonds. The second kappa shape index (κ2) is 7.69. The van der Waals surface area contributed by atoms with E-state index >= 15 is 0 Å². The van der Waals surface area contributed by atoms with Crippen LogP contribution in [0.1, 0.15) is 29.7 Å². The quantitative estimate of drug-likeness (QED) is 0.638. The van der Waals surface area contributed by atoms with Crippen LogP contribution in [-0.4, -0.2) is 54.3 Å². The van der Waals surface area contributed by atoms with Crippen molar-refractivity contribution in [1.82, 2.24) is 15.2 Å². The Labute approximate surface area is 190 Å². The standard InChI is InChI=1S/C24H25FN6S/c1-14-10-30(21-5-2-15(7-26)23-24(21)32-13-28-23)12-22-18-4-3-17(6-16(18)11-31(14)22)29-20-9-27-8-19(20)25/h2-6,13-14,19-20,22,27,29H,8-12H2,1H3/t14-,19-,20+,22-/m1/s1. The molecule has 4 atom stereocenters. The van der Waals surface area contributed by atoms with E-state index in [1.807, 2.05) is 11.6 Å². The number of alkyl halides is 1. The van der Waals surface area contributed by atoms with Crippen molar-refractivity contribution in [1.29, 1.82) is 5.26 Å². The highest BCUT2D eigenvalue weighted by Crippen LogP contribution is 2.42. The first-order chi connectivity index (χ1) is 15.6. The maximum Gasteiger partial charge on any atom is 0.134 e. The second-order valence-electron chi connectivity index (χ2n) is 9.05. The first-order valence-corrected chi connectivity index (χ1v) is 12.0. The summed E-state index contributed by atoms with van der Waals surface area (Å²) >= 11 is 1.60. The van der Waals surface area contributed by atoms with Gasteiger partial charge >= 0.3 is 0 Å². The molecule has 6 nitrogen and oxygen atoms in total. The molecule has 32 heavy (non-hydrogen) atoms. The van der Waals surface area contributed by atoms with Crippen molar-refractivity contribution in [2.75, 3.05) is 36.4 Å². The number of fused-ring (bicyclic) bond motifs is 4. The fraction of sp³-hybridized carbons (Fsp3) is 0.417. The summed E-state index contributed by atoms with van der Waals surface area (Å²) in [5.41, 5.74) is 8.14. The predicted molar refractivity (Wildman–Crippen MR) is 126 cm³/mol. The topological polar surface area (TPSA) is 67.2 Å².